The number of nitrogens with one attached hydrogen (secondary N) is 5. The predicted molar refractivity (Wildman–Crippen MR) is 211 cm³/mol. The van der Waals surface area contributed by atoms with Crippen LogP contribution < -0.4 is 27.0 Å². The van der Waals surface area contributed by atoms with Crippen LogP contribution in [0.4, 0.5) is 0 Å². The molecule has 2 aromatic carbocycles. The molecular weight excluding hydrogens is 732 g/mol. The fraction of sp³-hybridized carbons (Fsp3) is 0.488. The predicted octanol–water partition coefficient (Wildman–Crippen LogP) is 1.58. The average molecular weight is 789 g/mol. The molecule has 0 radical (unpaired) electrons. The zero-order valence-corrected chi connectivity index (χ0v) is 32.9. The molecule has 7 unspecified atom stereocenters. The summed E-state index contributed by atoms with van der Waals surface area (Å²) >= 11 is 0. The molecule has 1 aliphatic heterocycles. The fourth-order valence-electron chi connectivity index (χ4n) is 6.75. The van der Waals surface area contributed by atoms with E-state index in [9.17, 15) is 39.0 Å². The molecule has 9 N–H and O–H groups in total. The zero-order chi connectivity index (χ0) is 41.6. The van der Waals surface area contributed by atoms with E-state index in [1.165, 1.54) is 29.6 Å². The van der Waals surface area contributed by atoms with Crippen LogP contribution in [-0.4, -0.2) is 103 Å². The Kier molecular flexibility index (Phi) is 16.2. The molecule has 16 heteroatoms. The van der Waals surface area contributed by atoms with Gasteiger partial charge in [-0.2, -0.15) is 0 Å². The van der Waals surface area contributed by atoms with Crippen molar-refractivity contribution in [3.63, 3.8) is 0 Å². The molecule has 1 aliphatic rings. The zero-order valence-electron chi connectivity index (χ0n) is 32.9. The highest BCUT2D eigenvalue weighted by atomic mass is 16.4. The molecule has 2 heterocycles. The van der Waals surface area contributed by atoms with Crippen molar-refractivity contribution in [2.75, 3.05) is 6.54 Å². The van der Waals surface area contributed by atoms with Crippen molar-refractivity contribution in [1.29, 1.82) is 0 Å². The SMILES string of the molecule is CCC(C)C(NC(=O)CC(Cc1ccc(O)cc1)NC(=O)C(N)C(C)C)C(=O)NC(Cc1cnc[nH]1)C(=O)N1CCCC1C(=O)NC(Cc1ccccc1)C(=O)O. The van der Waals surface area contributed by atoms with Crippen molar-refractivity contribution in [2.24, 2.45) is 17.6 Å². The van der Waals surface area contributed by atoms with Crippen molar-refractivity contribution < 1.29 is 39.0 Å². The van der Waals surface area contributed by atoms with Crippen molar-refractivity contribution in [3.05, 3.63) is 83.9 Å². The number of aromatic hydroxyl groups is 1. The quantitative estimate of drug-likeness (QED) is 0.0821. The minimum Gasteiger partial charge on any atom is -0.508 e. The van der Waals surface area contributed by atoms with Gasteiger partial charge in [-0.3, -0.25) is 24.0 Å². The Hall–Kier alpha value is -5.77. The Morgan fingerprint density at radius 1 is 0.877 bits per heavy atom. The van der Waals surface area contributed by atoms with Crippen LogP contribution >= 0.6 is 0 Å². The van der Waals surface area contributed by atoms with Crippen LogP contribution in [-0.2, 0) is 48.0 Å². The number of benzene rings is 2. The number of nitrogens with two attached hydrogens (primary N) is 1. The lowest BCUT2D eigenvalue weighted by Gasteiger charge is -2.31. The number of carbonyl (C=O) groups excluding carboxylic acids is 5. The number of imidazole rings is 1. The first kappa shape index (κ1) is 44.0. The number of aromatic amines is 1. The number of aromatic nitrogens is 2. The van der Waals surface area contributed by atoms with E-state index >= 15 is 0 Å². The summed E-state index contributed by atoms with van der Waals surface area (Å²) in [6.07, 6.45) is 4.34. The van der Waals surface area contributed by atoms with E-state index in [4.69, 9.17) is 5.73 Å². The highest BCUT2D eigenvalue weighted by Gasteiger charge is 2.40. The van der Waals surface area contributed by atoms with Gasteiger partial charge in [-0.1, -0.05) is 76.6 Å². The molecule has 0 saturated carbocycles. The van der Waals surface area contributed by atoms with Crippen molar-refractivity contribution >= 4 is 35.5 Å². The van der Waals surface area contributed by atoms with Gasteiger partial charge in [0, 0.05) is 43.7 Å². The molecule has 3 aromatic rings. The number of rotatable bonds is 20. The number of phenols is 1. The second-order valence-corrected chi connectivity index (χ2v) is 15.1. The molecule has 16 nitrogen and oxygen atoms in total. The summed E-state index contributed by atoms with van der Waals surface area (Å²) in [6.45, 7) is 7.49. The molecule has 7 atom stereocenters. The maximum absolute atomic E-state index is 14.3. The van der Waals surface area contributed by atoms with Crippen LogP contribution in [0.3, 0.4) is 0 Å². The Labute approximate surface area is 332 Å². The van der Waals surface area contributed by atoms with Gasteiger partial charge in [-0.25, -0.2) is 9.78 Å². The second-order valence-electron chi connectivity index (χ2n) is 15.1. The summed E-state index contributed by atoms with van der Waals surface area (Å²) in [6, 6.07) is 9.33. The molecule has 1 fully saturated rings. The first-order chi connectivity index (χ1) is 27.2. The third-order valence-corrected chi connectivity index (χ3v) is 10.4. The second kappa shape index (κ2) is 20.9. The van der Waals surface area contributed by atoms with Crippen molar-refractivity contribution in [1.82, 2.24) is 36.1 Å². The number of H-pyrrole nitrogens is 1. The lowest BCUT2D eigenvalue weighted by Crippen LogP contribution is -2.59. The maximum atomic E-state index is 14.3. The lowest BCUT2D eigenvalue weighted by atomic mass is 9.96. The van der Waals surface area contributed by atoms with Gasteiger partial charge in [-0.15, -0.1) is 0 Å². The summed E-state index contributed by atoms with van der Waals surface area (Å²) in [5.41, 5.74) is 8.12. The van der Waals surface area contributed by atoms with Gasteiger partial charge in [0.1, 0.15) is 29.9 Å². The number of phenolic OH excluding ortho intramolecular Hbond substituents is 1. The molecular formula is C41H56N8O8. The summed E-state index contributed by atoms with van der Waals surface area (Å²) in [7, 11) is 0. The Bertz CT molecular complexity index is 1800. The molecule has 0 aliphatic carbocycles. The van der Waals surface area contributed by atoms with Gasteiger partial charge >= 0.3 is 5.97 Å². The summed E-state index contributed by atoms with van der Waals surface area (Å²) in [5.74, 6) is -4.39. The first-order valence-corrected chi connectivity index (χ1v) is 19.4. The van der Waals surface area contributed by atoms with Gasteiger partial charge in [-0.05, 0) is 54.4 Å². The molecule has 0 bridgehead atoms. The van der Waals surface area contributed by atoms with Crippen LogP contribution in [0.2, 0.25) is 0 Å². The van der Waals surface area contributed by atoms with E-state index in [0.717, 1.165) is 11.1 Å². The molecule has 0 spiro atoms. The van der Waals surface area contributed by atoms with Gasteiger partial charge < -0.3 is 47.1 Å². The lowest BCUT2D eigenvalue weighted by molar-refractivity contribution is -0.145. The van der Waals surface area contributed by atoms with Crippen LogP contribution in [0, 0.1) is 11.8 Å². The molecule has 308 valence electrons. The van der Waals surface area contributed by atoms with E-state index in [1.54, 1.807) is 49.4 Å². The minimum atomic E-state index is -1.22. The third-order valence-electron chi connectivity index (χ3n) is 10.4. The van der Waals surface area contributed by atoms with Gasteiger partial charge in [0.25, 0.3) is 0 Å². The minimum absolute atomic E-state index is 0.000808. The molecule has 1 aromatic heterocycles. The highest BCUT2D eigenvalue weighted by Crippen LogP contribution is 2.21. The van der Waals surface area contributed by atoms with Crippen LogP contribution in [0.1, 0.15) is 70.2 Å². The summed E-state index contributed by atoms with van der Waals surface area (Å²) in [5, 5.41) is 30.8. The van der Waals surface area contributed by atoms with E-state index in [0.29, 0.717) is 25.0 Å². The Morgan fingerprint density at radius 3 is 2.18 bits per heavy atom. The first-order valence-electron chi connectivity index (χ1n) is 19.4. The number of carboxylic acids is 1. The summed E-state index contributed by atoms with van der Waals surface area (Å²) < 4.78 is 0. The molecule has 1 saturated heterocycles. The number of carboxylic acid groups (broad SMARTS) is 1. The number of hydrogen-bond donors (Lipinski definition) is 8. The monoisotopic (exact) mass is 788 g/mol. The highest BCUT2D eigenvalue weighted by molar-refractivity contribution is 5.95. The van der Waals surface area contributed by atoms with Crippen LogP contribution in [0.15, 0.2) is 67.1 Å². The number of carbonyl (C=O) groups is 6. The van der Waals surface area contributed by atoms with E-state index < -0.39 is 71.8 Å². The number of nitrogens with zero attached hydrogens (tertiary/aromatic N) is 2. The van der Waals surface area contributed by atoms with E-state index in [1.807, 2.05) is 20.8 Å². The van der Waals surface area contributed by atoms with Crippen LogP contribution in [0.5, 0.6) is 5.75 Å². The normalized spacial score (nSPS) is 17.1. The molecule has 5 amide bonds. The summed E-state index contributed by atoms with van der Waals surface area (Å²) in [4.78, 5) is 89.1. The average Bonchev–Trinajstić information content (AvgIpc) is 3.90. The standard InChI is InChI=1S/C41H56N8O8/c1-5-25(4)36(48-34(51)21-28(45-38(53)35(42)24(2)3)18-27-13-15-30(50)16-14-27)39(54)46-31(20-29-22-43-23-44-29)40(55)49-17-9-12-33(49)37(52)47-32(41(56)57)19-26-10-7-6-8-11-26/h6-8,10-11,13-16,22-25,28,31-33,35-36,50H,5,9,12,17-21,42H2,1-4H3,(H,43,44)(H,45,53)(H,46,54)(H,47,52)(H,48,51)(H,56,57). The van der Waals surface area contributed by atoms with Gasteiger partial charge in [0.05, 0.1) is 12.4 Å². The van der Waals surface area contributed by atoms with E-state index in [-0.39, 0.29) is 49.8 Å². The Balaban J connectivity index is 1.51. The fourth-order valence-corrected chi connectivity index (χ4v) is 6.75. The van der Waals surface area contributed by atoms with Gasteiger partial charge in [0.2, 0.25) is 29.5 Å². The van der Waals surface area contributed by atoms with Crippen LogP contribution in [0.25, 0.3) is 0 Å². The molecule has 4 rings (SSSR count). The Morgan fingerprint density at radius 2 is 1.56 bits per heavy atom. The van der Waals surface area contributed by atoms with Crippen molar-refractivity contribution in [3.8, 4) is 5.75 Å². The van der Waals surface area contributed by atoms with Gasteiger partial charge in [0.15, 0.2) is 0 Å². The number of likely N-dealkylation sites (tertiary alicyclic amines) is 1. The maximum Gasteiger partial charge on any atom is 0.326 e. The number of aliphatic carboxylic acids is 1. The number of hydrogen-bond acceptors (Lipinski definition) is 9. The van der Waals surface area contributed by atoms with Crippen molar-refractivity contribution in [2.45, 2.75) is 109 Å². The van der Waals surface area contributed by atoms with E-state index in [2.05, 4.69) is 31.2 Å². The smallest absolute Gasteiger partial charge is 0.326 e. The topological polar surface area (TPSA) is 249 Å². The molecule has 57 heavy (non-hydrogen) atoms. The number of amides is 5. The largest absolute Gasteiger partial charge is 0.508 e. The third kappa shape index (κ3) is 12.9.